The molecule has 0 radical (unpaired) electrons. The molecule has 0 saturated heterocycles. The molecule has 1 aromatic heterocycles. The molecule has 4 heteroatoms. The Labute approximate surface area is 117 Å². The monoisotopic (exact) mass is 277 g/mol. The van der Waals surface area contributed by atoms with E-state index in [0.717, 1.165) is 18.5 Å². The van der Waals surface area contributed by atoms with E-state index in [0.29, 0.717) is 11.8 Å². The highest BCUT2D eigenvalue weighted by atomic mass is 32.1. The number of benzene rings is 1. The van der Waals surface area contributed by atoms with E-state index in [9.17, 15) is 5.11 Å². The van der Waals surface area contributed by atoms with Crippen LogP contribution in [0.4, 0.5) is 0 Å². The Morgan fingerprint density at radius 3 is 2.79 bits per heavy atom. The van der Waals surface area contributed by atoms with Gasteiger partial charge in [-0.25, -0.2) is 0 Å². The highest BCUT2D eigenvalue weighted by molar-refractivity contribution is 7.10. The van der Waals surface area contributed by atoms with Gasteiger partial charge < -0.3 is 15.2 Å². The molecule has 0 spiro atoms. The van der Waals surface area contributed by atoms with Gasteiger partial charge in [0.2, 0.25) is 0 Å². The minimum atomic E-state index is 0.186. The highest BCUT2D eigenvalue weighted by Gasteiger charge is 2.10. The van der Waals surface area contributed by atoms with Gasteiger partial charge in [0.25, 0.3) is 0 Å². The summed E-state index contributed by atoms with van der Waals surface area (Å²) in [6.45, 7) is 2.90. The molecular weight excluding hydrogens is 258 g/mol. The van der Waals surface area contributed by atoms with Crippen LogP contribution in [0, 0.1) is 0 Å². The summed E-state index contributed by atoms with van der Waals surface area (Å²) in [4.78, 5) is 1.35. The lowest BCUT2D eigenvalue weighted by atomic mass is 10.1. The second-order valence-electron chi connectivity index (χ2n) is 4.36. The summed E-state index contributed by atoms with van der Waals surface area (Å²) >= 11 is 1.77. The van der Waals surface area contributed by atoms with Crippen LogP contribution < -0.4 is 10.1 Å². The van der Waals surface area contributed by atoms with Crippen molar-refractivity contribution in [3.05, 3.63) is 46.2 Å². The minimum Gasteiger partial charge on any atom is -0.504 e. The average Bonchev–Trinajstić information content (AvgIpc) is 2.94. The van der Waals surface area contributed by atoms with E-state index in [2.05, 4.69) is 29.8 Å². The fourth-order valence-electron chi connectivity index (χ4n) is 2.02. The van der Waals surface area contributed by atoms with E-state index in [4.69, 9.17) is 4.74 Å². The first-order chi connectivity index (χ1) is 9.24. The Morgan fingerprint density at radius 1 is 1.37 bits per heavy atom. The second kappa shape index (κ2) is 6.59. The van der Waals surface area contributed by atoms with Crippen LogP contribution in [0.3, 0.4) is 0 Å². The first kappa shape index (κ1) is 13.9. The van der Waals surface area contributed by atoms with Gasteiger partial charge in [0.1, 0.15) is 0 Å². The Kier molecular flexibility index (Phi) is 4.82. The third kappa shape index (κ3) is 3.49. The fourth-order valence-corrected chi connectivity index (χ4v) is 2.91. The summed E-state index contributed by atoms with van der Waals surface area (Å²) in [6.07, 6.45) is 1.04. The van der Waals surface area contributed by atoms with E-state index < -0.39 is 0 Å². The van der Waals surface area contributed by atoms with Gasteiger partial charge in [0, 0.05) is 17.5 Å². The zero-order valence-corrected chi connectivity index (χ0v) is 12.0. The average molecular weight is 277 g/mol. The molecule has 3 nitrogen and oxygen atoms in total. The van der Waals surface area contributed by atoms with Crippen LogP contribution in [0.1, 0.15) is 29.8 Å². The first-order valence-corrected chi connectivity index (χ1v) is 7.25. The maximum absolute atomic E-state index is 9.75. The molecule has 0 aliphatic carbocycles. The standard InChI is InChI=1S/C15H19NO2S/c1-3-12(15-5-4-8-19-15)16-10-11-6-7-14(18-2)13(17)9-11/h4-9,12,16-17H,3,10H2,1-2H3. The summed E-state index contributed by atoms with van der Waals surface area (Å²) in [6, 6.07) is 10.1. The van der Waals surface area contributed by atoms with Crippen molar-refractivity contribution >= 4 is 11.3 Å². The molecule has 0 aliphatic heterocycles. The SMILES string of the molecule is CCC(NCc1ccc(OC)c(O)c1)c1cccs1. The van der Waals surface area contributed by atoms with Crippen LogP contribution >= 0.6 is 11.3 Å². The zero-order chi connectivity index (χ0) is 13.7. The molecule has 2 aromatic rings. The number of nitrogens with one attached hydrogen (secondary N) is 1. The number of aromatic hydroxyl groups is 1. The lowest BCUT2D eigenvalue weighted by molar-refractivity contribution is 0.372. The van der Waals surface area contributed by atoms with Crippen LogP contribution in [-0.4, -0.2) is 12.2 Å². The third-order valence-corrected chi connectivity index (χ3v) is 4.08. The van der Waals surface area contributed by atoms with Crippen molar-refractivity contribution in [2.75, 3.05) is 7.11 Å². The summed E-state index contributed by atoms with van der Waals surface area (Å²) in [5.41, 5.74) is 1.05. The number of rotatable bonds is 6. The van der Waals surface area contributed by atoms with Crippen molar-refractivity contribution in [3.8, 4) is 11.5 Å². The predicted octanol–water partition coefficient (Wildman–Crippen LogP) is 3.70. The molecule has 2 N–H and O–H groups in total. The Hall–Kier alpha value is -1.52. The van der Waals surface area contributed by atoms with Gasteiger partial charge in [-0.3, -0.25) is 0 Å². The molecular formula is C15H19NO2S. The van der Waals surface area contributed by atoms with Crippen LogP contribution in [0.15, 0.2) is 35.7 Å². The molecule has 0 saturated carbocycles. The Bertz CT molecular complexity index is 511. The van der Waals surface area contributed by atoms with Crippen molar-refractivity contribution in [2.24, 2.45) is 0 Å². The molecule has 1 aromatic carbocycles. The largest absolute Gasteiger partial charge is 0.504 e. The number of ether oxygens (including phenoxy) is 1. The van der Waals surface area contributed by atoms with Crippen molar-refractivity contribution in [1.82, 2.24) is 5.32 Å². The number of hydrogen-bond donors (Lipinski definition) is 2. The summed E-state index contributed by atoms with van der Waals surface area (Å²) < 4.78 is 5.04. The van der Waals surface area contributed by atoms with Gasteiger partial charge in [-0.1, -0.05) is 19.1 Å². The Morgan fingerprint density at radius 2 is 2.21 bits per heavy atom. The number of phenolic OH excluding ortho intramolecular Hbond substituents is 1. The van der Waals surface area contributed by atoms with Crippen molar-refractivity contribution in [3.63, 3.8) is 0 Å². The van der Waals surface area contributed by atoms with Crippen molar-refractivity contribution < 1.29 is 9.84 Å². The molecule has 1 unspecified atom stereocenters. The molecule has 0 amide bonds. The van der Waals surface area contributed by atoms with E-state index in [1.165, 1.54) is 4.88 Å². The summed E-state index contributed by atoms with van der Waals surface area (Å²) in [5, 5.41) is 15.4. The fraction of sp³-hybridized carbons (Fsp3) is 0.333. The van der Waals surface area contributed by atoms with Crippen LogP contribution in [0.2, 0.25) is 0 Å². The van der Waals surface area contributed by atoms with Crippen LogP contribution in [0.5, 0.6) is 11.5 Å². The predicted molar refractivity (Wildman–Crippen MR) is 78.8 cm³/mol. The second-order valence-corrected chi connectivity index (χ2v) is 5.34. The maximum Gasteiger partial charge on any atom is 0.160 e. The lowest BCUT2D eigenvalue weighted by Crippen LogP contribution is -2.19. The molecule has 0 aliphatic rings. The first-order valence-electron chi connectivity index (χ1n) is 6.37. The molecule has 0 bridgehead atoms. The van der Waals surface area contributed by atoms with E-state index in [1.54, 1.807) is 30.6 Å². The number of thiophene rings is 1. The zero-order valence-electron chi connectivity index (χ0n) is 11.2. The van der Waals surface area contributed by atoms with Gasteiger partial charge in [-0.15, -0.1) is 11.3 Å². The van der Waals surface area contributed by atoms with Crippen LogP contribution in [-0.2, 0) is 6.54 Å². The highest BCUT2D eigenvalue weighted by Crippen LogP contribution is 2.27. The molecule has 1 heterocycles. The number of methoxy groups -OCH3 is 1. The van der Waals surface area contributed by atoms with E-state index in [-0.39, 0.29) is 5.75 Å². The van der Waals surface area contributed by atoms with Gasteiger partial charge >= 0.3 is 0 Å². The quantitative estimate of drug-likeness (QED) is 0.846. The van der Waals surface area contributed by atoms with Gasteiger partial charge in [-0.05, 0) is 35.6 Å². The summed E-state index contributed by atoms with van der Waals surface area (Å²) in [7, 11) is 1.55. The molecule has 0 fully saturated rings. The van der Waals surface area contributed by atoms with Crippen molar-refractivity contribution in [1.29, 1.82) is 0 Å². The maximum atomic E-state index is 9.75. The number of phenols is 1. The van der Waals surface area contributed by atoms with Crippen LogP contribution in [0.25, 0.3) is 0 Å². The topological polar surface area (TPSA) is 41.5 Å². The van der Waals surface area contributed by atoms with E-state index >= 15 is 0 Å². The lowest BCUT2D eigenvalue weighted by Gasteiger charge is -2.16. The smallest absolute Gasteiger partial charge is 0.160 e. The summed E-state index contributed by atoms with van der Waals surface area (Å²) in [5.74, 6) is 0.694. The van der Waals surface area contributed by atoms with E-state index in [1.807, 2.05) is 6.07 Å². The third-order valence-electron chi connectivity index (χ3n) is 3.09. The van der Waals surface area contributed by atoms with Gasteiger partial charge in [0.15, 0.2) is 11.5 Å². The molecule has 19 heavy (non-hydrogen) atoms. The van der Waals surface area contributed by atoms with Gasteiger partial charge in [0.05, 0.1) is 7.11 Å². The molecule has 2 rings (SSSR count). The molecule has 1 atom stereocenters. The minimum absolute atomic E-state index is 0.186. The number of hydrogen-bond acceptors (Lipinski definition) is 4. The van der Waals surface area contributed by atoms with Crippen molar-refractivity contribution in [2.45, 2.75) is 25.9 Å². The molecule has 102 valence electrons. The Balaban J connectivity index is 1.99. The normalized spacial score (nSPS) is 12.3. The van der Waals surface area contributed by atoms with Gasteiger partial charge in [-0.2, -0.15) is 0 Å².